The van der Waals surface area contributed by atoms with E-state index in [0.717, 1.165) is 17.5 Å². The van der Waals surface area contributed by atoms with E-state index in [1.165, 1.54) is 34.0 Å². The average Bonchev–Trinajstić information content (AvgIpc) is 3.05. The highest BCUT2D eigenvalue weighted by atomic mass is 16.5. The van der Waals surface area contributed by atoms with Crippen molar-refractivity contribution in [3.8, 4) is 11.1 Å². The van der Waals surface area contributed by atoms with Gasteiger partial charge in [-0.2, -0.15) is 0 Å². The van der Waals surface area contributed by atoms with Crippen LogP contribution in [-0.4, -0.2) is 22.9 Å². The first-order valence-corrected chi connectivity index (χ1v) is 8.61. The van der Waals surface area contributed by atoms with Gasteiger partial charge in [-0.3, -0.25) is 9.59 Å². The lowest BCUT2D eigenvalue weighted by atomic mass is 10.0. The number of aryl methyl sites for hydroxylation is 1. The molecule has 1 aliphatic rings. The fourth-order valence-corrected chi connectivity index (χ4v) is 3.27. The minimum absolute atomic E-state index is 0.133. The third kappa shape index (κ3) is 3.19. The molecule has 5 heteroatoms. The van der Waals surface area contributed by atoms with Crippen LogP contribution in [0.5, 0.6) is 0 Å². The summed E-state index contributed by atoms with van der Waals surface area (Å²) in [5.41, 5.74) is 4.94. The van der Waals surface area contributed by atoms with Crippen molar-refractivity contribution in [3.63, 3.8) is 0 Å². The van der Waals surface area contributed by atoms with Crippen LogP contribution >= 0.6 is 0 Å². The van der Waals surface area contributed by atoms with Crippen LogP contribution in [0.15, 0.2) is 65.6 Å². The number of esters is 1. The monoisotopic (exact) mass is 359 g/mol. The summed E-state index contributed by atoms with van der Waals surface area (Å²) in [6, 6.07) is 16.4. The molecule has 2 aromatic carbocycles. The molecule has 0 radical (unpaired) electrons. The molecule has 0 aliphatic heterocycles. The smallest absolute Gasteiger partial charge is 0.338 e. The van der Waals surface area contributed by atoms with E-state index in [2.05, 4.69) is 6.07 Å². The summed E-state index contributed by atoms with van der Waals surface area (Å²) in [6.07, 6.45) is 2.34. The first-order chi connectivity index (χ1) is 13.0. The van der Waals surface area contributed by atoms with Crippen LogP contribution in [0.4, 0.5) is 0 Å². The van der Waals surface area contributed by atoms with Crippen LogP contribution in [0.25, 0.3) is 11.1 Å². The molecule has 3 aromatic rings. The van der Waals surface area contributed by atoms with Crippen LogP contribution in [0.3, 0.4) is 0 Å². The molecule has 1 aliphatic carbocycles. The van der Waals surface area contributed by atoms with Crippen molar-refractivity contribution in [1.29, 1.82) is 0 Å². The summed E-state index contributed by atoms with van der Waals surface area (Å²) in [5, 5.41) is 0. The molecule has 1 aromatic heterocycles. The highest BCUT2D eigenvalue weighted by molar-refractivity contribution is 6.00. The number of ether oxygens (including phenoxy) is 1. The molecule has 0 fully saturated rings. The Morgan fingerprint density at radius 2 is 1.74 bits per heavy atom. The van der Waals surface area contributed by atoms with Gasteiger partial charge in [-0.05, 0) is 40.8 Å². The van der Waals surface area contributed by atoms with Crippen LogP contribution in [0, 0.1) is 0 Å². The molecule has 0 spiro atoms. The Bertz CT molecular complexity index is 1130. The Kier molecular flexibility index (Phi) is 4.20. The number of aromatic nitrogens is 1. The first-order valence-electron chi connectivity index (χ1n) is 8.61. The van der Waals surface area contributed by atoms with Crippen molar-refractivity contribution in [1.82, 2.24) is 4.57 Å². The predicted molar refractivity (Wildman–Crippen MR) is 101 cm³/mol. The zero-order valence-corrected chi connectivity index (χ0v) is 14.8. The van der Waals surface area contributed by atoms with E-state index in [-0.39, 0.29) is 23.5 Å². The number of ketones is 1. The van der Waals surface area contributed by atoms with Gasteiger partial charge in [-0.1, -0.05) is 36.4 Å². The fraction of sp³-hybridized carbons (Fsp3) is 0.136. The maximum Gasteiger partial charge on any atom is 0.338 e. The maximum atomic E-state index is 12.5. The van der Waals surface area contributed by atoms with Crippen molar-refractivity contribution < 1.29 is 14.3 Å². The van der Waals surface area contributed by atoms with Crippen molar-refractivity contribution in [2.45, 2.75) is 6.42 Å². The maximum absolute atomic E-state index is 12.5. The molecule has 4 rings (SSSR count). The van der Waals surface area contributed by atoms with Gasteiger partial charge >= 0.3 is 5.97 Å². The summed E-state index contributed by atoms with van der Waals surface area (Å²) < 4.78 is 6.44. The molecule has 1 heterocycles. The van der Waals surface area contributed by atoms with E-state index in [4.69, 9.17) is 4.74 Å². The molecule has 134 valence electrons. The summed E-state index contributed by atoms with van der Waals surface area (Å²) in [7, 11) is 1.59. The molecule has 27 heavy (non-hydrogen) atoms. The van der Waals surface area contributed by atoms with E-state index in [1.54, 1.807) is 13.1 Å². The quantitative estimate of drug-likeness (QED) is 0.415. The van der Waals surface area contributed by atoms with Gasteiger partial charge in [0.05, 0.1) is 5.56 Å². The summed E-state index contributed by atoms with van der Waals surface area (Å²) in [5.74, 6) is -0.966. The predicted octanol–water partition coefficient (Wildman–Crippen LogP) is 3.00. The fourth-order valence-electron chi connectivity index (χ4n) is 3.27. The molecular weight excluding hydrogens is 342 g/mol. The van der Waals surface area contributed by atoms with Crippen molar-refractivity contribution >= 4 is 11.8 Å². The molecule has 0 amide bonds. The second kappa shape index (κ2) is 6.68. The molecular formula is C22H17NO4. The number of benzene rings is 2. The zero-order valence-electron chi connectivity index (χ0n) is 14.8. The van der Waals surface area contributed by atoms with Gasteiger partial charge in [0.25, 0.3) is 5.56 Å². The summed E-state index contributed by atoms with van der Waals surface area (Å²) >= 11 is 0. The van der Waals surface area contributed by atoms with Crippen molar-refractivity contribution in [2.75, 3.05) is 6.61 Å². The molecule has 0 bridgehead atoms. The van der Waals surface area contributed by atoms with E-state index < -0.39 is 5.97 Å². The number of hydrogen-bond acceptors (Lipinski definition) is 4. The van der Waals surface area contributed by atoms with Gasteiger partial charge in [-0.15, -0.1) is 0 Å². The summed E-state index contributed by atoms with van der Waals surface area (Å²) in [6.45, 7) is -0.367. The second-order valence-corrected chi connectivity index (χ2v) is 6.57. The highest BCUT2D eigenvalue weighted by Crippen LogP contribution is 2.36. The van der Waals surface area contributed by atoms with E-state index in [0.29, 0.717) is 5.56 Å². The Morgan fingerprint density at radius 1 is 0.963 bits per heavy atom. The summed E-state index contributed by atoms with van der Waals surface area (Å²) in [4.78, 5) is 36.1. The number of rotatable bonds is 4. The molecule has 0 unspecified atom stereocenters. The van der Waals surface area contributed by atoms with Crippen LogP contribution in [0.2, 0.25) is 0 Å². The van der Waals surface area contributed by atoms with E-state index >= 15 is 0 Å². The van der Waals surface area contributed by atoms with Crippen molar-refractivity contribution in [3.05, 3.63) is 93.4 Å². The Morgan fingerprint density at radius 3 is 2.56 bits per heavy atom. The van der Waals surface area contributed by atoms with E-state index in [9.17, 15) is 14.4 Å². The number of carbonyl (C=O) groups excluding carboxylic acids is 2. The normalized spacial score (nSPS) is 11.6. The Balaban J connectivity index is 1.49. The molecule has 0 saturated carbocycles. The Labute approximate surface area is 155 Å². The van der Waals surface area contributed by atoms with Gasteiger partial charge in [-0.25, -0.2) is 4.79 Å². The average molecular weight is 359 g/mol. The number of Topliss-reactive ketones (excluding diaryl/α,β-unsaturated/α-hetero) is 1. The second-order valence-electron chi connectivity index (χ2n) is 6.57. The molecule has 0 N–H and O–H groups in total. The topological polar surface area (TPSA) is 65.4 Å². The number of hydrogen-bond donors (Lipinski definition) is 0. The molecule has 5 nitrogen and oxygen atoms in total. The van der Waals surface area contributed by atoms with Crippen LogP contribution in [0.1, 0.15) is 31.8 Å². The number of pyridine rings is 1. The van der Waals surface area contributed by atoms with Gasteiger partial charge in [0, 0.05) is 24.9 Å². The standard InChI is InChI=1S/C22H17NO4/c1-23-9-8-17(12-21(23)25)22(26)27-13-20(24)16-7-6-15-10-14-4-2-3-5-18(14)19(15)11-16/h2-9,11-12H,10,13H2,1H3. The minimum atomic E-state index is -0.687. The molecule has 0 saturated heterocycles. The van der Waals surface area contributed by atoms with Gasteiger partial charge in [0.15, 0.2) is 12.4 Å². The number of fused-ring (bicyclic) bond motifs is 3. The lowest BCUT2D eigenvalue weighted by molar-refractivity contribution is 0.0474. The lowest BCUT2D eigenvalue weighted by Gasteiger charge is -2.07. The van der Waals surface area contributed by atoms with Crippen LogP contribution < -0.4 is 5.56 Å². The van der Waals surface area contributed by atoms with Gasteiger partial charge < -0.3 is 9.30 Å². The third-order valence-corrected chi connectivity index (χ3v) is 4.79. The van der Waals surface area contributed by atoms with Crippen LogP contribution in [-0.2, 0) is 18.2 Å². The largest absolute Gasteiger partial charge is 0.454 e. The lowest BCUT2D eigenvalue weighted by Crippen LogP contribution is -2.19. The minimum Gasteiger partial charge on any atom is -0.454 e. The third-order valence-electron chi connectivity index (χ3n) is 4.79. The number of nitrogens with zero attached hydrogens (tertiary/aromatic N) is 1. The van der Waals surface area contributed by atoms with Gasteiger partial charge in [0.1, 0.15) is 0 Å². The zero-order chi connectivity index (χ0) is 19.0. The van der Waals surface area contributed by atoms with Gasteiger partial charge in [0.2, 0.25) is 0 Å². The highest BCUT2D eigenvalue weighted by Gasteiger charge is 2.20. The Hall–Kier alpha value is -3.47. The van der Waals surface area contributed by atoms with Crippen molar-refractivity contribution in [2.24, 2.45) is 7.05 Å². The molecule has 0 atom stereocenters. The first kappa shape index (κ1) is 17.0. The SMILES string of the molecule is Cn1ccc(C(=O)OCC(=O)c2ccc3c(c2)-c2ccccc2C3)cc1=O. The number of carbonyl (C=O) groups is 2. The van der Waals surface area contributed by atoms with E-state index in [1.807, 2.05) is 30.3 Å².